The van der Waals surface area contributed by atoms with Crippen molar-refractivity contribution in [1.29, 1.82) is 0 Å². The Hall–Kier alpha value is -0.790. The zero-order valence-electron chi connectivity index (χ0n) is 8.83. The first-order valence-corrected chi connectivity index (χ1v) is 4.85. The molecule has 13 heavy (non-hydrogen) atoms. The minimum absolute atomic E-state index is 0.0457. The Labute approximate surface area is 80.0 Å². The van der Waals surface area contributed by atoms with Crippen molar-refractivity contribution in [3.05, 3.63) is 12.2 Å². The van der Waals surface area contributed by atoms with E-state index in [1.807, 2.05) is 19.9 Å². The van der Waals surface area contributed by atoms with Gasteiger partial charge in [0.2, 0.25) is 0 Å². The summed E-state index contributed by atoms with van der Waals surface area (Å²) in [6.07, 6.45) is 4.10. The van der Waals surface area contributed by atoms with Crippen LogP contribution in [0, 0.1) is 17.3 Å². The average Bonchev–Trinajstić information content (AvgIpc) is 2.55. The van der Waals surface area contributed by atoms with E-state index in [0.717, 1.165) is 0 Å². The Bertz CT molecular complexity index is 228. The van der Waals surface area contributed by atoms with E-state index in [9.17, 15) is 4.79 Å². The molecule has 0 aromatic heterocycles. The lowest BCUT2D eigenvalue weighted by molar-refractivity contribution is -0.145. The molecule has 74 valence electrons. The molecule has 0 aliphatic heterocycles. The largest absolute Gasteiger partial charge is 0.466 e. The van der Waals surface area contributed by atoms with Gasteiger partial charge in [0.25, 0.3) is 0 Å². The highest BCUT2D eigenvalue weighted by Gasteiger charge is 2.61. The molecule has 2 unspecified atom stereocenters. The van der Waals surface area contributed by atoms with Crippen molar-refractivity contribution in [2.45, 2.75) is 27.7 Å². The summed E-state index contributed by atoms with van der Waals surface area (Å²) < 4.78 is 5.01. The molecule has 0 aromatic carbocycles. The SMILES string of the molecule is CC=CC1C(C(=O)OCC)C1(C)C. The normalized spacial score (nSPS) is 30.5. The zero-order valence-corrected chi connectivity index (χ0v) is 8.83. The van der Waals surface area contributed by atoms with E-state index in [-0.39, 0.29) is 17.3 Å². The molecular formula is C11H18O2. The van der Waals surface area contributed by atoms with Crippen molar-refractivity contribution in [2.75, 3.05) is 6.61 Å². The Morgan fingerprint density at radius 2 is 2.15 bits per heavy atom. The molecule has 0 heterocycles. The summed E-state index contributed by atoms with van der Waals surface area (Å²) in [6.45, 7) is 8.53. The smallest absolute Gasteiger partial charge is 0.310 e. The molecule has 0 saturated heterocycles. The molecular weight excluding hydrogens is 164 g/mol. The highest BCUT2D eigenvalue weighted by atomic mass is 16.5. The number of rotatable bonds is 3. The van der Waals surface area contributed by atoms with Crippen molar-refractivity contribution >= 4 is 5.97 Å². The first-order chi connectivity index (χ1) is 6.05. The van der Waals surface area contributed by atoms with Gasteiger partial charge in [0.05, 0.1) is 12.5 Å². The maximum absolute atomic E-state index is 11.5. The van der Waals surface area contributed by atoms with Gasteiger partial charge >= 0.3 is 5.97 Å². The molecule has 0 radical (unpaired) electrons. The predicted molar refractivity (Wildman–Crippen MR) is 52.2 cm³/mol. The number of hydrogen-bond acceptors (Lipinski definition) is 2. The van der Waals surface area contributed by atoms with Gasteiger partial charge in [0.1, 0.15) is 0 Å². The fourth-order valence-electron chi connectivity index (χ4n) is 1.93. The van der Waals surface area contributed by atoms with Gasteiger partial charge in [-0.05, 0) is 25.2 Å². The van der Waals surface area contributed by atoms with Crippen molar-refractivity contribution in [2.24, 2.45) is 17.3 Å². The minimum atomic E-state index is -0.0457. The molecule has 0 bridgehead atoms. The zero-order chi connectivity index (χ0) is 10.1. The number of carbonyl (C=O) groups excluding carboxylic acids is 1. The second kappa shape index (κ2) is 3.52. The van der Waals surface area contributed by atoms with E-state index < -0.39 is 0 Å². The molecule has 0 amide bonds. The van der Waals surface area contributed by atoms with Gasteiger partial charge in [-0.15, -0.1) is 0 Å². The summed E-state index contributed by atoms with van der Waals surface area (Å²) in [5, 5.41) is 0. The molecule has 0 spiro atoms. The molecule has 2 heteroatoms. The lowest BCUT2D eigenvalue weighted by Gasteiger charge is -2.01. The third-order valence-electron chi connectivity index (χ3n) is 2.85. The van der Waals surface area contributed by atoms with Gasteiger partial charge in [-0.2, -0.15) is 0 Å². The quantitative estimate of drug-likeness (QED) is 0.495. The first kappa shape index (κ1) is 10.3. The van der Waals surface area contributed by atoms with Crippen LogP contribution < -0.4 is 0 Å². The van der Waals surface area contributed by atoms with Gasteiger partial charge in [-0.25, -0.2) is 0 Å². The maximum atomic E-state index is 11.5. The summed E-state index contributed by atoms with van der Waals surface area (Å²) in [4.78, 5) is 11.5. The number of hydrogen-bond donors (Lipinski definition) is 0. The highest BCUT2D eigenvalue weighted by molar-refractivity contribution is 5.78. The Balaban J connectivity index is 2.59. The summed E-state index contributed by atoms with van der Waals surface area (Å²) in [6, 6.07) is 0. The molecule has 2 nitrogen and oxygen atoms in total. The Kier molecular flexibility index (Phi) is 2.79. The van der Waals surface area contributed by atoms with E-state index in [0.29, 0.717) is 12.5 Å². The molecule has 0 N–H and O–H groups in total. The van der Waals surface area contributed by atoms with Crippen LogP contribution in [-0.4, -0.2) is 12.6 Å². The van der Waals surface area contributed by atoms with Crippen LogP contribution in [-0.2, 0) is 9.53 Å². The predicted octanol–water partition coefficient (Wildman–Crippen LogP) is 2.40. The highest BCUT2D eigenvalue weighted by Crippen LogP contribution is 2.59. The first-order valence-electron chi connectivity index (χ1n) is 4.85. The monoisotopic (exact) mass is 182 g/mol. The molecule has 0 aromatic rings. The summed E-state index contributed by atoms with van der Waals surface area (Å²) >= 11 is 0. The van der Waals surface area contributed by atoms with Crippen LogP contribution >= 0.6 is 0 Å². The number of ether oxygens (including phenoxy) is 1. The van der Waals surface area contributed by atoms with Crippen LogP contribution in [0.2, 0.25) is 0 Å². The van der Waals surface area contributed by atoms with Crippen LogP contribution in [0.4, 0.5) is 0 Å². The van der Waals surface area contributed by atoms with Gasteiger partial charge in [-0.1, -0.05) is 26.0 Å². The van der Waals surface area contributed by atoms with E-state index in [1.165, 1.54) is 0 Å². The summed E-state index contributed by atoms with van der Waals surface area (Å²) in [7, 11) is 0. The van der Waals surface area contributed by atoms with Crippen LogP contribution in [0.1, 0.15) is 27.7 Å². The van der Waals surface area contributed by atoms with E-state index in [4.69, 9.17) is 4.74 Å². The Morgan fingerprint density at radius 3 is 2.62 bits per heavy atom. The molecule has 1 aliphatic rings. The van der Waals surface area contributed by atoms with E-state index in [2.05, 4.69) is 19.9 Å². The maximum Gasteiger partial charge on any atom is 0.310 e. The van der Waals surface area contributed by atoms with Gasteiger partial charge < -0.3 is 4.74 Å². The van der Waals surface area contributed by atoms with Crippen molar-refractivity contribution < 1.29 is 9.53 Å². The van der Waals surface area contributed by atoms with Crippen molar-refractivity contribution in [3.8, 4) is 0 Å². The lowest BCUT2D eigenvalue weighted by atomic mass is 10.1. The lowest BCUT2D eigenvalue weighted by Crippen LogP contribution is -2.10. The average molecular weight is 182 g/mol. The second-order valence-corrected chi connectivity index (χ2v) is 4.10. The third-order valence-corrected chi connectivity index (χ3v) is 2.85. The van der Waals surface area contributed by atoms with E-state index in [1.54, 1.807) is 0 Å². The number of carbonyl (C=O) groups is 1. The summed E-state index contributed by atoms with van der Waals surface area (Å²) in [5.74, 6) is 0.399. The van der Waals surface area contributed by atoms with E-state index >= 15 is 0 Å². The topological polar surface area (TPSA) is 26.3 Å². The second-order valence-electron chi connectivity index (χ2n) is 4.10. The Morgan fingerprint density at radius 1 is 1.54 bits per heavy atom. The van der Waals surface area contributed by atoms with Gasteiger partial charge in [0, 0.05) is 0 Å². The van der Waals surface area contributed by atoms with Crippen LogP contribution in [0.5, 0.6) is 0 Å². The minimum Gasteiger partial charge on any atom is -0.466 e. The molecule has 1 rings (SSSR count). The van der Waals surface area contributed by atoms with Crippen LogP contribution in [0.15, 0.2) is 12.2 Å². The number of allylic oxidation sites excluding steroid dienone is 2. The number of esters is 1. The summed E-state index contributed by atoms with van der Waals surface area (Å²) in [5.41, 5.74) is 0.0960. The van der Waals surface area contributed by atoms with Crippen LogP contribution in [0.25, 0.3) is 0 Å². The van der Waals surface area contributed by atoms with Gasteiger partial charge in [-0.3, -0.25) is 4.79 Å². The third kappa shape index (κ3) is 1.77. The van der Waals surface area contributed by atoms with Crippen LogP contribution in [0.3, 0.4) is 0 Å². The molecule has 2 atom stereocenters. The fourth-order valence-corrected chi connectivity index (χ4v) is 1.93. The van der Waals surface area contributed by atoms with Crippen molar-refractivity contribution in [1.82, 2.24) is 0 Å². The fraction of sp³-hybridized carbons (Fsp3) is 0.727. The molecule has 1 fully saturated rings. The molecule has 1 saturated carbocycles. The van der Waals surface area contributed by atoms with Crippen molar-refractivity contribution in [3.63, 3.8) is 0 Å². The molecule has 1 aliphatic carbocycles. The standard InChI is InChI=1S/C11H18O2/c1-5-7-8-9(11(8,3)4)10(12)13-6-2/h5,7-9H,6H2,1-4H3. The van der Waals surface area contributed by atoms with Gasteiger partial charge in [0.15, 0.2) is 0 Å².